The molecule has 0 aromatic heterocycles. The second-order valence-corrected chi connectivity index (χ2v) is 6.37. The molecule has 8 nitrogen and oxygen atoms in total. The van der Waals surface area contributed by atoms with Crippen molar-refractivity contribution < 1.29 is 23.8 Å². The fraction of sp³-hybridized carbons (Fsp3) is 0.286. The standard InChI is InChI=1S/C21H23N3O5.ClH/c1-27-18-8-4-17(5-9-18)21(26)29-19-6-2-16(3-7-19)14-22-23-20(25)15-24-10-12-28-13-11-24;/h2-9,14H,10-13,15H2,1H3,(H,23,25);1H. The van der Waals surface area contributed by atoms with E-state index in [1.807, 2.05) is 4.90 Å². The van der Waals surface area contributed by atoms with Crippen LogP contribution in [0.3, 0.4) is 0 Å². The van der Waals surface area contributed by atoms with Crippen molar-refractivity contribution in [1.29, 1.82) is 0 Å². The Labute approximate surface area is 181 Å². The molecule has 1 amide bonds. The molecule has 0 radical (unpaired) electrons. The number of methoxy groups -OCH3 is 1. The van der Waals surface area contributed by atoms with Gasteiger partial charge in [0.25, 0.3) is 5.91 Å². The first-order valence-electron chi connectivity index (χ1n) is 9.22. The first kappa shape index (κ1) is 23.3. The molecular weight excluding hydrogens is 410 g/mol. The Morgan fingerprint density at radius 2 is 1.70 bits per heavy atom. The minimum atomic E-state index is -0.454. The summed E-state index contributed by atoms with van der Waals surface area (Å²) in [4.78, 5) is 26.1. The van der Waals surface area contributed by atoms with E-state index in [0.29, 0.717) is 36.8 Å². The maximum absolute atomic E-state index is 12.2. The Balaban J connectivity index is 0.00000320. The van der Waals surface area contributed by atoms with Crippen LogP contribution in [-0.2, 0) is 9.53 Å². The molecule has 2 aromatic carbocycles. The van der Waals surface area contributed by atoms with Gasteiger partial charge in [0.15, 0.2) is 0 Å². The van der Waals surface area contributed by atoms with Gasteiger partial charge < -0.3 is 14.2 Å². The number of hydrogen-bond acceptors (Lipinski definition) is 7. The fourth-order valence-electron chi connectivity index (χ4n) is 2.69. The minimum absolute atomic E-state index is 0. The molecule has 9 heteroatoms. The van der Waals surface area contributed by atoms with Gasteiger partial charge in [0.2, 0.25) is 0 Å². The van der Waals surface area contributed by atoms with E-state index < -0.39 is 5.97 Å². The lowest BCUT2D eigenvalue weighted by molar-refractivity contribution is -0.123. The summed E-state index contributed by atoms with van der Waals surface area (Å²) in [6.45, 7) is 3.07. The highest BCUT2D eigenvalue weighted by Crippen LogP contribution is 2.16. The Kier molecular flexibility index (Phi) is 9.27. The van der Waals surface area contributed by atoms with E-state index in [2.05, 4.69) is 10.5 Å². The average Bonchev–Trinajstić information content (AvgIpc) is 2.75. The highest BCUT2D eigenvalue weighted by Gasteiger charge is 2.13. The molecule has 0 aliphatic carbocycles. The number of rotatable bonds is 7. The van der Waals surface area contributed by atoms with Crippen LogP contribution in [-0.4, -0.2) is 62.9 Å². The van der Waals surface area contributed by atoms with Gasteiger partial charge in [0, 0.05) is 13.1 Å². The van der Waals surface area contributed by atoms with Gasteiger partial charge in [-0.15, -0.1) is 12.4 Å². The van der Waals surface area contributed by atoms with Crippen LogP contribution >= 0.6 is 12.4 Å². The Morgan fingerprint density at radius 1 is 1.07 bits per heavy atom. The third-order valence-electron chi connectivity index (χ3n) is 4.29. The second kappa shape index (κ2) is 11.9. The van der Waals surface area contributed by atoms with Gasteiger partial charge in [-0.3, -0.25) is 9.69 Å². The molecule has 1 aliphatic heterocycles. The van der Waals surface area contributed by atoms with Gasteiger partial charge >= 0.3 is 5.97 Å². The number of nitrogens with zero attached hydrogens (tertiary/aromatic N) is 2. The van der Waals surface area contributed by atoms with E-state index in [1.54, 1.807) is 55.6 Å². The molecule has 0 saturated carbocycles. The van der Waals surface area contributed by atoms with Crippen LogP contribution in [0.5, 0.6) is 11.5 Å². The molecule has 0 atom stereocenters. The van der Waals surface area contributed by atoms with Crippen LogP contribution in [0.25, 0.3) is 0 Å². The number of esters is 1. The van der Waals surface area contributed by atoms with Crippen LogP contribution in [0, 0.1) is 0 Å². The van der Waals surface area contributed by atoms with Crippen molar-refractivity contribution in [3.63, 3.8) is 0 Å². The summed E-state index contributed by atoms with van der Waals surface area (Å²) in [5, 5.41) is 3.96. The lowest BCUT2D eigenvalue weighted by atomic mass is 10.2. The number of ether oxygens (including phenoxy) is 3. The molecule has 160 valence electrons. The van der Waals surface area contributed by atoms with Gasteiger partial charge in [-0.1, -0.05) is 0 Å². The van der Waals surface area contributed by atoms with Crippen LogP contribution in [0.15, 0.2) is 53.6 Å². The molecular formula is C21H24ClN3O5. The van der Waals surface area contributed by atoms with Crippen LogP contribution in [0.1, 0.15) is 15.9 Å². The molecule has 0 bridgehead atoms. The number of nitrogens with one attached hydrogen (secondary N) is 1. The molecule has 1 N–H and O–H groups in total. The third kappa shape index (κ3) is 7.14. The number of morpholine rings is 1. The maximum atomic E-state index is 12.2. The number of hydrazone groups is 1. The lowest BCUT2D eigenvalue weighted by Gasteiger charge is -2.25. The molecule has 2 aromatic rings. The zero-order chi connectivity index (χ0) is 20.5. The average molecular weight is 434 g/mol. The first-order chi connectivity index (χ1) is 14.1. The van der Waals surface area contributed by atoms with Gasteiger partial charge in [-0.05, 0) is 54.1 Å². The number of amides is 1. The molecule has 1 fully saturated rings. The summed E-state index contributed by atoms with van der Waals surface area (Å²) in [5.74, 6) is 0.458. The van der Waals surface area contributed by atoms with E-state index in [1.165, 1.54) is 6.21 Å². The summed E-state index contributed by atoms with van der Waals surface area (Å²) >= 11 is 0. The highest BCUT2D eigenvalue weighted by atomic mass is 35.5. The SMILES string of the molecule is COc1ccc(C(=O)Oc2ccc(C=NNC(=O)CN3CCOCC3)cc2)cc1.Cl. The monoisotopic (exact) mass is 433 g/mol. The van der Waals surface area contributed by atoms with Crippen molar-refractivity contribution in [2.75, 3.05) is 40.0 Å². The molecule has 1 heterocycles. The van der Waals surface area contributed by atoms with Gasteiger partial charge in [-0.2, -0.15) is 5.10 Å². The van der Waals surface area contributed by atoms with Crippen molar-refractivity contribution >= 4 is 30.5 Å². The van der Waals surface area contributed by atoms with Crippen LogP contribution < -0.4 is 14.9 Å². The van der Waals surface area contributed by atoms with Crippen molar-refractivity contribution in [1.82, 2.24) is 10.3 Å². The van der Waals surface area contributed by atoms with Crippen LogP contribution in [0.4, 0.5) is 0 Å². The van der Waals surface area contributed by atoms with E-state index in [9.17, 15) is 9.59 Å². The molecule has 1 saturated heterocycles. The van der Waals surface area contributed by atoms with Gasteiger partial charge in [0.1, 0.15) is 11.5 Å². The smallest absolute Gasteiger partial charge is 0.343 e. The van der Waals surface area contributed by atoms with E-state index in [0.717, 1.165) is 18.7 Å². The predicted octanol–water partition coefficient (Wildman–Crippen LogP) is 2.12. The molecule has 0 spiro atoms. The summed E-state index contributed by atoms with van der Waals surface area (Å²) < 4.78 is 15.7. The topological polar surface area (TPSA) is 89.5 Å². The van der Waals surface area contributed by atoms with Gasteiger partial charge in [0.05, 0.1) is 38.6 Å². The minimum Gasteiger partial charge on any atom is -0.497 e. The Hall–Kier alpha value is -2.94. The number of hydrogen-bond donors (Lipinski definition) is 1. The molecule has 0 unspecified atom stereocenters. The molecule has 30 heavy (non-hydrogen) atoms. The first-order valence-corrected chi connectivity index (χ1v) is 9.22. The zero-order valence-corrected chi connectivity index (χ0v) is 17.4. The number of carbonyl (C=O) groups is 2. The third-order valence-corrected chi connectivity index (χ3v) is 4.29. The number of benzene rings is 2. The van der Waals surface area contributed by atoms with Crippen molar-refractivity contribution in [2.45, 2.75) is 0 Å². The summed E-state index contributed by atoms with van der Waals surface area (Å²) in [6, 6.07) is 13.5. The normalized spacial score (nSPS) is 14.0. The Morgan fingerprint density at radius 3 is 2.33 bits per heavy atom. The predicted molar refractivity (Wildman–Crippen MR) is 115 cm³/mol. The number of carbonyl (C=O) groups excluding carboxylic acids is 2. The van der Waals surface area contributed by atoms with Gasteiger partial charge in [-0.25, -0.2) is 10.2 Å². The summed E-state index contributed by atoms with van der Waals surface area (Å²) in [6.07, 6.45) is 1.53. The largest absolute Gasteiger partial charge is 0.497 e. The van der Waals surface area contributed by atoms with Crippen molar-refractivity contribution in [2.24, 2.45) is 5.10 Å². The van der Waals surface area contributed by atoms with E-state index in [-0.39, 0.29) is 18.3 Å². The lowest BCUT2D eigenvalue weighted by Crippen LogP contribution is -2.42. The Bertz CT molecular complexity index is 850. The van der Waals surface area contributed by atoms with E-state index >= 15 is 0 Å². The quantitative estimate of drug-likeness (QED) is 0.311. The van der Waals surface area contributed by atoms with Crippen LogP contribution in [0.2, 0.25) is 0 Å². The summed E-state index contributed by atoms with van der Waals surface area (Å²) in [5.41, 5.74) is 3.70. The van der Waals surface area contributed by atoms with E-state index in [4.69, 9.17) is 14.2 Å². The van der Waals surface area contributed by atoms with Crippen molar-refractivity contribution in [3.8, 4) is 11.5 Å². The number of halogens is 1. The molecule has 1 aliphatic rings. The summed E-state index contributed by atoms with van der Waals surface area (Å²) in [7, 11) is 1.56. The highest BCUT2D eigenvalue weighted by molar-refractivity contribution is 5.91. The second-order valence-electron chi connectivity index (χ2n) is 6.37. The zero-order valence-electron chi connectivity index (χ0n) is 16.6. The molecule has 3 rings (SSSR count). The van der Waals surface area contributed by atoms with Crippen molar-refractivity contribution in [3.05, 3.63) is 59.7 Å². The maximum Gasteiger partial charge on any atom is 0.343 e. The fourth-order valence-corrected chi connectivity index (χ4v) is 2.69.